The molecular weight excluding hydrogens is 901 g/mol. The molecule has 0 aliphatic rings. The van der Waals surface area contributed by atoms with Gasteiger partial charge >= 0.3 is 17.9 Å². The highest BCUT2D eigenvalue weighted by molar-refractivity contribution is 5.71. The minimum atomic E-state index is -0.810. The maximum atomic E-state index is 12.9. The maximum Gasteiger partial charge on any atom is 0.306 e. The second kappa shape index (κ2) is 60.6. The van der Waals surface area contributed by atoms with Gasteiger partial charge in [-0.2, -0.15) is 0 Å². The van der Waals surface area contributed by atoms with Gasteiger partial charge in [-0.15, -0.1) is 0 Å². The van der Waals surface area contributed by atoms with Crippen molar-refractivity contribution in [3.8, 4) is 0 Å². The second-order valence-electron chi connectivity index (χ2n) is 19.9. The van der Waals surface area contributed by atoms with Crippen molar-refractivity contribution in [1.29, 1.82) is 0 Å². The summed E-state index contributed by atoms with van der Waals surface area (Å²) in [6, 6.07) is 0. The second-order valence-corrected chi connectivity index (χ2v) is 19.9. The van der Waals surface area contributed by atoms with E-state index in [-0.39, 0.29) is 31.1 Å². The molecule has 0 unspecified atom stereocenters. The van der Waals surface area contributed by atoms with E-state index in [1.165, 1.54) is 116 Å². The van der Waals surface area contributed by atoms with Crippen LogP contribution in [-0.4, -0.2) is 37.2 Å². The lowest BCUT2D eigenvalue weighted by molar-refractivity contribution is -0.167. The van der Waals surface area contributed by atoms with E-state index in [0.717, 1.165) is 122 Å². The van der Waals surface area contributed by atoms with Gasteiger partial charge in [0, 0.05) is 19.3 Å². The van der Waals surface area contributed by atoms with Gasteiger partial charge in [0.2, 0.25) is 0 Å². The summed E-state index contributed by atoms with van der Waals surface area (Å²) in [6.07, 6.45) is 82.4. The first-order valence-corrected chi connectivity index (χ1v) is 30.4. The number of hydrogen-bond acceptors (Lipinski definition) is 6. The Morgan fingerprint density at radius 2 is 0.534 bits per heavy atom. The summed E-state index contributed by atoms with van der Waals surface area (Å²) in [7, 11) is 0. The van der Waals surface area contributed by atoms with Crippen LogP contribution >= 0.6 is 0 Å². The molecule has 416 valence electrons. The molecule has 0 heterocycles. The standard InChI is InChI=1S/C67H112O6/c1-4-7-10-13-16-19-22-25-28-30-32-33-35-37-40-43-46-49-52-55-58-61-67(70)73-64(62-71-65(68)59-56-53-50-47-44-41-38-27-24-21-18-15-12-9-6-3)63-72-66(69)60-57-54-51-48-45-42-39-36-34-31-29-26-23-20-17-14-11-8-5-2/h8-9,11-12,17-18,20-21,26-27,29,34,36,38,42,44-45,47,64H,4-7,10,13-16,19,22-25,28,30-33,35,37,39-41,43,46,48-63H2,1-3H3/b11-8-,12-9-,20-17-,21-18-,29-26-,36-34-,38-27-,45-42-,47-44-/t64-/m0/s1. The lowest BCUT2D eigenvalue weighted by Gasteiger charge is -2.18. The molecule has 0 aromatic heterocycles. The first-order chi connectivity index (χ1) is 36.0. The normalized spacial score (nSPS) is 12.9. The minimum absolute atomic E-state index is 0.108. The van der Waals surface area contributed by atoms with Gasteiger partial charge in [-0.25, -0.2) is 0 Å². The van der Waals surface area contributed by atoms with Gasteiger partial charge in [0.1, 0.15) is 13.2 Å². The molecule has 0 spiro atoms. The molecule has 0 saturated carbocycles. The SMILES string of the molecule is CC/C=C\C/C=C\C/C=C\C/C=C\C/C=C\CCCCCC(=O)OC[C@H](COC(=O)CCCC/C=C\C/C=C\C/C=C\C/C=C\CC)OC(=O)CCCCCCCCCCCCCCCCCCCCCCC. The monoisotopic (exact) mass is 1010 g/mol. The Labute approximate surface area is 450 Å². The van der Waals surface area contributed by atoms with Gasteiger partial charge in [-0.05, 0) is 103 Å². The first-order valence-electron chi connectivity index (χ1n) is 30.4. The molecule has 6 nitrogen and oxygen atoms in total. The van der Waals surface area contributed by atoms with Crippen molar-refractivity contribution < 1.29 is 28.6 Å². The van der Waals surface area contributed by atoms with Crippen LogP contribution in [0.4, 0.5) is 0 Å². The van der Waals surface area contributed by atoms with E-state index >= 15 is 0 Å². The molecule has 0 aliphatic heterocycles. The fourth-order valence-electron chi connectivity index (χ4n) is 8.28. The largest absolute Gasteiger partial charge is 0.462 e. The molecule has 0 aliphatic carbocycles. The predicted molar refractivity (Wildman–Crippen MR) is 316 cm³/mol. The summed E-state index contributed by atoms with van der Waals surface area (Å²) in [5.41, 5.74) is 0. The van der Waals surface area contributed by atoms with Gasteiger partial charge in [0.15, 0.2) is 6.10 Å². The molecule has 0 rings (SSSR count). The average molecular weight is 1010 g/mol. The smallest absolute Gasteiger partial charge is 0.306 e. The molecule has 73 heavy (non-hydrogen) atoms. The Morgan fingerprint density at radius 3 is 0.863 bits per heavy atom. The van der Waals surface area contributed by atoms with Crippen molar-refractivity contribution in [2.45, 2.75) is 284 Å². The number of esters is 3. The molecular formula is C67H112O6. The van der Waals surface area contributed by atoms with Gasteiger partial charge < -0.3 is 14.2 Å². The highest BCUT2D eigenvalue weighted by atomic mass is 16.6. The Bertz CT molecular complexity index is 1490. The molecule has 0 saturated heterocycles. The number of carbonyl (C=O) groups excluding carboxylic acids is 3. The summed E-state index contributed by atoms with van der Waals surface area (Å²) >= 11 is 0. The third kappa shape index (κ3) is 58.8. The molecule has 1 atom stereocenters. The lowest BCUT2D eigenvalue weighted by Crippen LogP contribution is -2.30. The van der Waals surface area contributed by atoms with Gasteiger partial charge in [0.25, 0.3) is 0 Å². The van der Waals surface area contributed by atoms with E-state index < -0.39 is 6.10 Å². The van der Waals surface area contributed by atoms with Crippen molar-refractivity contribution in [3.05, 3.63) is 109 Å². The highest BCUT2D eigenvalue weighted by Crippen LogP contribution is 2.16. The molecule has 0 aromatic rings. The molecule has 0 N–H and O–H groups in total. The van der Waals surface area contributed by atoms with Crippen molar-refractivity contribution in [1.82, 2.24) is 0 Å². The van der Waals surface area contributed by atoms with Crippen molar-refractivity contribution in [2.75, 3.05) is 13.2 Å². The Balaban J connectivity index is 4.46. The quantitative estimate of drug-likeness (QED) is 0.0261. The first kappa shape index (κ1) is 69.1. The number of carbonyl (C=O) groups is 3. The van der Waals surface area contributed by atoms with Gasteiger partial charge in [0.05, 0.1) is 0 Å². The van der Waals surface area contributed by atoms with Crippen LogP contribution in [0.1, 0.15) is 278 Å². The zero-order valence-corrected chi connectivity index (χ0v) is 47.6. The summed E-state index contributed by atoms with van der Waals surface area (Å²) in [5.74, 6) is -0.972. The zero-order valence-electron chi connectivity index (χ0n) is 47.6. The molecule has 0 aromatic carbocycles. The third-order valence-electron chi connectivity index (χ3n) is 12.8. The summed E-state index contributed by atoms with van der Waals surface area (Å²) in [4.78, 5) is 38.2. The van der Waals surface area contributed by atoms with E-state index in [2.05, 4.69) is 130 Å². The van der Waals surface area contributed by atoms with Crippen LogP contribution in [0.15, 0.2) is 109 Å². The van der Waals surface area contributed by atoms with E-state index in [1.54, 1.807) is 0 Å². The fourth-order valence-corrected chi connectivity index (χ4v) is 8.28. The number of allylic oxidation sites excluding steroid dienone is 18. The lowest BCUT2D eigenvalue weighted by atomic mass is 10.0. The molecule has 0 radical (unpaired) electrons. The Hall–Kier alpha value is -3.93. The van der Waals surface area contributed by atoms with Crippen LogP contribution in [0.3, 0.4) is 0 Å². The van der Waals surface area contributed by atoms with Gasteiger partial charge in [-0.1, -0.05) is 265 Å². The predicted octanol–water partition coefficient (Wildman–Crippen LogP) is 20.7. The van der Waals surface area contributed by atoms with Crippen molar-refractivity contribution in [2.24, 2.45) is 0 Å². The number of unbranched alkanes of at least 4 members (excludes halogenated alkanes) is 25. The van der Waals surface area contributed by atoms with E-state index in [1.807, 2.05) is 0 Å². The summed E-state index contributed by atoms with van der Waals surface area (Å²) in [5, 5.41) is 0. The van der Waals surface area contributed by atoms with Crippen LogP contribution in [0.5, 0.6) is 0 Å². The molecule has 0 amide bonds. The van der Waals surface area contributed by atoms with Crippen LogP contribution in [-0.2, 0) is 28.6 Å². The Morgan fingerprint density at radius 1 is 0.288 bits per heavy atom. The summed E-state index contributed by atoms with van der Waals surface area (Å²) in [6.45, 7) is 6.37. The number of rotatable bonds is 54. The van der Waals surface area contributed by atoms with E-state index in [0.29, 0.717) is 19.3 Å². The average Bonchev–Trinajstić information content (AvgIpc) is 3.39. The maximum absolute atomic E-state index is 12.9. The zero-order chi connectivity index (χ0) is 52.9. The molecule has 0 fully saturated rings. The number of hydrogen-bond donors (Lipinski definition) is 0. The number of ether oxygens (including phenoxy) is 3. The Kier molecular flexibility index (Phi) is 57.4. The molecule has 6 heteroatoms. The van der Waals surface area contributed by atoms with Crippen molar-refractivity contribution in [3.63, 3.8) is 0 Å². The van der Waals surface area contributed by atoms with Crippen LogP contribution in [0, 0.1) is 0 Å². The van der Waals surface area contributed by atoms with Gasteiger partial charge in [-0.3, -0.25) is 14.4 Å². The van der Waals surface area contributed by atoms with E-state index in [9.17, 15) is 14.4 Å². The van der Waals surface area contributed by atoms with Crippen molar-refractivity contribution >= 4 is 17.9 Å². The minimum Gasteiger partial charge on any atom is -0.462 e. The van der Waals surface area contributed by atoms with E-state index in [4.69, 9.17) is 14.2 Å². The van der Waals surface area contributed by atoms with Crippen LogP contribution in [0.25, 0.3) is 0 Å². The molecule has 0 bridgehead atoms. The van der Waals surface area contributed by atoms with Crippen LogP contribution in [0.2, 0.25) is 0 Å². The topological polar surface area (TPSA) is 78.9 Å². The van der Waals surface area contributed by atoms with Crippen LogP contribution < -0.4 is 0 Å². The fraction of sp³-hybridized carbons (Fsp3) is 0.687. The third-order valence-corrected chi connectivity index (χ3v) is 12.8. The highest BCUT2D eigenvalue weighted by Gasteiger charge is 2.19. The summed E-state index contributed by atoms with van der Waals surface area (Å²) < 4.78 is 16.8.